The number of fused-ring (bicyclic) bond motifs is 1. The number of anilines is 3. The van der Waals surface area contributed by atoms with Gasteiger partial charge < -0.3 is 29.8 Å². The molecule has 0 saturated carbocycles. The van der Waals surface area contributed by atoms with Gasteiger partial charge in [-0.1, -0.05) is 6.07 Å². The van der Waals surface area contributed by atoms with Gasteiger partial charge in [-0.25, -0.2) is 4.98 Å². The average molecular weight is 405 g/mol. The van der Waals surface area contributed by atoms with Crippen molar-refractivity contribution in [1.29, 1.82) is 0 Å². The summed E-state index contributed by atoms with van der Waals surface area (Å²) in [5.41, 5.74) is 9.53. The molecule has 0 aliphatic heterocycles. The van der Waals surface area contributed by atoms with Gasteiger partial charge in [0, 0.05) is 53.6 Å². The third kappa shape index (κ3) is 3.55. The molecular formula is C22H23N5O3. The van der Waals surface area contributed by atoms with E-state index < -0.39 is 0 Å². The predicted molar refractivity (Wildman–Crippen MR) is 118 cm³/mol. The molecule has 4 rings (SSSR count). The lowest BCUT2D eigenvalue weighted by atomic mass is 10.1. The Labute approximate surface area is 174 Å². The van der Waals surface area contributed by atoms with Gasteiger partial charge in [0.1, 0.15) is 5.82 Å². The molecule has 0 aliphatic rings. The molecule has 0 aliphatic carbocycles. The molecule has 0 bridgehead atoms. The summed E-state index contributed by atoms with van der Waals surface area (Å²) < 4.78 is 18.3. The SMILES string of the molecule is COc1cc(Nc2cc(-c3ccc4c(ccn4C)c3)nc(N)n2)cc(OC)c1OC. The molecule has 2 heterocycles. The number of ether oxygens (including phenoxy) is 3. The second-order valence-corrected chi connectivity index (χ2v) is 6.74. The number of nitrogen functional groups attached to an aromatic ring is 1. The molecule has 0 unspecified atom stereocenters. The Morgan fingerprint density at radius 1 is 0.900 bits per heavy atom. The number of benzene rings is 2. The van der Waals surface area contributed by atoms with Crippen molar-refractivity contribution in [1.82, 2.24) is 14.5 Å². The van der Waals surface area contributed by atoms with Crippen molar-refractivity contribution in [2.75, 3.05) is 32.4 Å². The quantitative estimate of drug-likeness (QED) is 0.501. The molecule has 3 N–H and O–H groups in total. The maximum atomic E-state index is 5.99. The van der Waals surface area contributed by atoms with E-state index >= 15 is 0 Å². The van der Waals surface area contributed by atoms with Crippen LogP contribution < -0.4 is 25.3 Å². The topological polar surface area (TPSA) is 96.5 Å². The van der Waals surface area contributed by atoms with Gasteiger partial charge in [0.05, 0.1) is 27.0 Å². The van der Waals surface area contributed by atoms with Gasteiger partial charge in [-0.3, -0.25) is 0 Å². The highest BCUT2D eigenvalue weighted by atomic mass is 16.5. The first-order valence-electron chi connectivity index (χ1n) is 9.29. The number of hydrogen-bond acceptors (Lipinski definition) is 7. The average Bonchev–Trinajstić information content (AvgIpc) is 3.12. The highest BCUT2D eigenvalue weighted by Gasteiger charge is 2.14. The molecule has 2 aromatic heterocycles. The number of methoxy groups -OCH3 is 3. The minimum atomic E-state index is 0.176. The lowest BCUT2D eigenvalue weighted by Gasteiger charge is -2.15. The van der Waals surface area contributed by atoms with E-state index in [4.69, 9.17) is 19.9 Å². The fourth-order valence-corrected chi connectivity index (χ4v) is 3.42. The molecule has 154 valence electrons. The lowest BCUT2D eigenvalue weighted by Crippen LogP contribution is -2.02. The molecular weight excluding hydrogens is 382 g/mol. The molecule has 2 aromatic carbocycles. The van der Waals surface area contributed by atoms with Crippen LogP contribution in [0, 0.1) is 0 Å². The molecule has 0 fully saturated rings. The maximum absolute atomic E-state index is 5.99. The zero-order valence-corrected chi connectivity index (χ0v) is 17.3. The summed E-state index contributed by atoms with van der Waals surface area (Å²) in [6.07, 6.45) is 2.03. The first-order valence-corrected chi connectivity index (χ1v) is 9.29. The second kappa shape index (κ2) is 7.82. The first-order chi connectivity index (χ1) is 14.5. The van der Waals surface area contributed by atoms with E-state index in [-0.39, 0.29) is 5.95 Å². The first kappa shape index (κ1) is 19.4. The molecule has 0 atom stereocenters. The fraction of sp³-hybridized carbons (Fsp3) is 0.182. The predicted octanol–water partition coefficient (Wildman–Crippen LogP) is 3.99. The molecule has 8 heteroatoms. The molecule has 4 aromatic rings. The summed E-state index contributed by atoms with van der Waals surface area (Å²) in [6.45, 7) is 0. The minimum absolute atomic E-state index is 0.176. The smallest absolute Gasteiger partial charge is 0.222 e. The highest BCUT2D eigenvalue weighted by Crippen LogP contribution is 2.40. The van der Waals surface area contributed by atoms with Crippen molar-refractivity contribution >= 4 is 28.4 Å². The Morgan fingerprint density at radius 2 is 1.63 bits per heavy atom. The van der Waals surface area contributed by atoms with Crippen LogP contribution in [0.25, 0.3) is 22.2 Å². The second-order valence-electron chi connectivity index (χ2n) is 6.74. The summed E-state index contributed by atoms with van der Waals surface area (Å²) >= 11 is 0. The van der Waals surface area contributed by atoms with E-state index in [1.807, 2.05) is 25.4 Å². The number of nitrogens with zero attached hydrogens (tertiary/aromatic N) is 3. The fourth-order valence-electron chi connectivity index (χ4n) is 3.42. The molecule has 0 saturated heterocycles. The number of rotatable bonds is 6. The maximum Gasteiger partial charge on any atom is 0.222 e. The molecule has 8 nitrogen and oxygen atoms in total. The molecule has 0 spiro atoms. The van der Waals surface area contributed by atoms with Gasteiger partial charge in [0.25, 0.3) is 0 Å². The standard InChI is InChI=1S/C22H23N5O3/c1-27-8-7-14-9-13(5-6-17(14)27)16-12-20(26-22(23)25-16)24-15-10-18(28-2)21(30-4)19(11-15)29-3/h5-12H,1-4H3,(H3,23,24,25,26). The van der Waals surface area contributed by atoms with Gasteiger partial charge in [-0.05, 0) is 18.2 Å². The van der Waals surface area contributed by atoms with Crippen molar-refractivity contribution in [2.45, 2.75) is 0 Å². The zero-order chi connectivity index (χ0) is 21.3. The Bertz CT molecular complexity index is 1190. The lowest BCUT2D eigenvalue weighted by molar-refractivity contribution is 0.324. The Hall–Kier alpha value is -3.94. The normalized spacial score (nSPS) is 10.8. The monoisotopic (exact) mass is 405 g/mol. The van der Waals surface area contributed by atoms with Crippen LogP contribution in [0.2, 0.25) is 0 Å². The van der Waals surface area contributed by atoms with Gasteiger partial charge in [0.15, 0.2) is 11.5 Å². The third-order valence-electron chi connectivity index (χ3n) is 4.86. The Morgan fingerprint density at radius 3 is 2.30 bits per heavy atom. The van der Waals surface area contributed by atoms with Crippen molar-refractivity contribution in [2.24, 2.45) is 7.05 Å². The van der Waals surface area contributed by atoms with E-state index in [1.54, 1.807) is 33.5 Å². The van der Waals surface area contributed by atoms with Crippen LogP contribution in [0.15, 0.2) is 48.7 Å². The van der Waals surface area contributed by atoms with Crippen LogP contribution in [0.4, 0.5) is 17.5 Å². The van der Waals surface area contributed by atoms with Crippen molar-refractivity contribution < 1.29 is 14.2 Å². The number of hydrogen-bond donors (Lipinski definition) is 2. The van der Waals surface area contributed by atoms with Crippen molar-refractivity contribution in [3.63, 3.8) is 0 Å². The van der Waals surface area contributed by atoms with Crippen LogP contribution >= 0.6 is 0 Å². The Kier molecular flexibility index (Phi) is 5.05. The van der Waals surface area contributed by atoms with Crippen LogP contribution in [0.3, 0.4) is 0 Å². The summed E-state index contributed by atoms with van der Waals surface area (Å²) in [7, 11) is 6.72. The van der Waals surface area contributed by atoms with Gasteiger partial charge in [-0.15, -0.1) is 0 Å². The molecule has 0 radical (unpaired) electrons. The van der Waals surface area contributed by atoms with Gasteiger partial charge >= 0.3 is 0 Å². The third-order valence-corrected chi connectivity index (χ3v) is 4.86. The van der Waals surface area contributed by atoms with Crippen LogP contribution in [-0.4, -0.2) is 35.9 Å². The van der Waals surface area contributed by atoms with Crippen molar-refractivity contribution in [3.05, 3.63) is 48.7 Å². The summed E-state index contributed by atoms with van der Waals surface area (Å²) in [5, 5.41) is 4.38. The van der Waals surface area contributed by atoms with Crippen LogP contribution in [0.5, 0.6) is 17.2 Å². The minimum Gasteiger partial charge on any atom is -0.493 e. The van der Waals surface area contributed by atoms with Gasteiger partial charge in [-0.2, -0.15) is 4.98 Å². The number of nitrogens with two attached hydrogens (primary N) is 1. The highest BCUT2D eigenvalue weighted by molar-refractivity contribution is 5.85. The van der Waals surface area contributed by atoms with Crippen molar-refractivity contribution in [3.8, 4) is 28.5 Å². The summed E-state index contributed by atoms with van der Waals surface area (Å²) in [4.78, 5) is 8.72. The number of aryl methyl sites for hydroxylation is 1. The summed E-state index contributed by atoms with van der Waals surface area (Å²) in [5.74, 6) is 2.33. The van der Waals surface area contributed by atoms with Crippen LogP contribution in [0.1, 0.15) is 0 Å². The number of nitrogens with one attached hydrogen (secondary N) is 1. The van der Waals surface area contributed by atoms with E-state index in [9.17, 15) is 0 Å². The van der Waals surface area contributed by atoms with E-state index in [1.165, 1.54) is 0 Å². The van der Waals surface area contributed by atoms with E-state index in [2.05, 4.69) is 38.1 Å². The molecule has 30 heavy (non-hydrogen) atoms. The largest absolute Gasteiger partial charge is 0.493 e. The Balaban J connectivity index is 1.71. The van der Waals surface area contributed by atoms with Crippen LogP contribution in [-0.2, 0) is 7.05 Å². The number of aromatic nitrogens is 3. The van der Waals surface area contributed by atoms with E-state index in [0.29, 0.717) is 28.8 Å². The van der Waals surface area contributed by atoms with Gasteiger partial charge in [0.2, 0.25) is 11.7 Å². The van der Waals surface area contributed by atoms with E-state index in [0.717, 1.165) is 22.2 Å². The zero-order valence-electron chi connectivity index (χ0n) is 17.3. The molecule has 0 amide bonds. The summed E-state index contributed by atoms with van der Waals surface area (Å²) in [6, 6.07) is 13.7.